The third-order valence-electron chi connectivity index (χ3n) is 2.77. The van der Waals surface area contributed by atoms with Crippen molar-refractivity contribution in [2.24, 2.45) is 5.92 Å². The maximum atomic E-state index is 11.9. The molecule has 0 atom stereocenters. The summed E-state index contributed by atoms with van der Waals surface area (Å²) in [5.41, 5.74) is 5.71. The Labute approximate surface area is 122 Å². The fraction of sp³-hybridized carbons (Fsp3) is 0.462. The summed E-state index contributed by atoms with van der Waals surface area (Å²) in [5, 5.41) is 5.75. The molecule has 0 aliphatic rings. The van der Waals surface area contributed by atoms with Gasteiger partial charge in [-0.15, -0.1) is 11.3 Å². The molecule has 20 heavy (non-hydrogen) atoms. The second-order valence-corrected chi connectivity index (χ2v) is 5.99. The molecule has 0 aliphatic carbocycles. The molecule has 108 valence electrons. The van der Waals surface area contributed by atoms with E-state index in [9.17, 15) is 4.79 Å². The number of nitrogens with one attached hydrogen (secondary N) is 1. The number of likely N-dealkylation sites (N-methyl/N-ethyl adjacent to an activating group) is 1. The van der Waals surface area contributed by atoms with Crippen LogP contribution in [-0.2, 0) is 4.79 Å². The minimum absolute atomic E-state index is 0.0261. The standard InChI is InChI=1S/C13H19N5OS/c1-8(2)6-15-10(19)7-18(3)11-9-4-5-20-12(9)17-13(14)16-11/h4-5,8H,6-7H2,1-3H3,(H,15,19)(H2,14,16,17). The van der Waals surface area contributed by atoms with E-state index < -0.39 is 0 Å². The van der Waals surface area contributed by atoms with Crippen LogP contribution < -0.4 is 16.0 Å². The van der Waals surface area contributed by atoms with Crippen molar-refractivity contribution in [3.63, 3.8) is 0 Å². The second-order valence-electron chi connectivity index (χ2n) is 5.10. The van der Waals surface area contributed by atoms with Gasteiger partial charge in [-0.05, 0) is 17.4 Å². The highest BCUT2D eigenvalue weighted by molar-refractivity contribution is 7.16. The smallest absolute Gasteiger partial charge is 0.239 e. The average molecular weight is 293 g/mol. The van der Waals surface area contributed by atoms with Crippen molar-refractivity contribution in [1.29, 1.82) is 0 Å². The molecule has 6 nitrogen and oxygen atoms in total. The van der Waals surface area contributed by atoms with Crippen molar-refractivity contribution >= 4 is 39.2 Å². The molecule has 0 radical (unpaired) electrons. The molecule has 0 saturated carbocycles. The second kappa shape index (κ2) is 6.04. The quantitative estimate of drug-likeness (QED) is 0.872. The largest absolute Gasteiger partial charge is 0.368 e. The van der Waals surface area contributed by atoms with E-state index in [4.69, 9.17) is 5.73 Å². The first-order valence-corrected chi connectivity index (χ1v) is 7.34. The highest BCUT2D eigenvalue weighted by Gasteiger charge is 2.14. The topological polar surface area (TPSA) is 84.1 Å². The van der Waals surface area contributed by atoms with E-state index in [-0.39, 0.29) is 18.4 Å². The van der Waals surface area contributed by atoms with Gasteiger partial charge >= 0.3 is 0 Å². The van der Waals surface area contributed by atoms with Gasteiger partial charge in [0.2, 0.25) is 11.9 Å². The number of nitrogen functional groups attached to an aromatic ring is 1. The number of carbonyl (C=O) groups is 1. The highest BCUT2D eigenvalue weighted by Crippen LogP contribution is 2.27. The Hall–Kier alpha value is -1.89. The van der Waals surface area contributed by atoms with E-state index >= 15 is 0 Å². The molecule has 0 fully saturated rings. The van der Waals surface area contributed by atoms with Crippen molar-refractivity contribution in [3.05, 3.63) is 11.4 Å². The van der Waals surface area contributed by atoms with Gasteiger partial charge in [-0.3, -0.25) is 4.79 Å². The van der Waals surface area contributed by atoms with Gasteiger partial charge < -0.3 is 16.0 Å². The zero-order valence-electron chi connectivity index (χ0n) is 11.9. The summed E-state index contributed by atoms with van der Waals surface area (Å²) < 4.78 is 0. The van der Waals surface area contributed by atoms with Crippen LogP contribution in [0.25, 0.3) is 10.2 Å². The molecular formula is C13H19N5OS. The minimum Gasteiger partial charge on any atom is -0.368 e. The molecule has 0 aromatic carbocycles. The van der Waals surface area contributed by atoms with Crippen LogP contribution in [0.4, 0.5) is 11.8 Å². The van der Waals surface area contributed by atoms with Crippen molar-refractivity contribution < 1.29 is 4.79 Å². The molecule has 1 amide bonds. The normalized spacial score (nSPS) is 11.0. The number of hydrogen-bond donors (Lipinski definition) is 2. The fourth-order valence-electron chi connectivity index (χ4n) is 1.81. The number of fused-ring (bicyclic) bond motifs is 1. The van der Waals surface area contributed by atoms with Crippen molar-refractivity contribution in [1.82, 2.24) is 15.3 Å². The number of thiophene rings is 1. The van der Waals surface area contributed by atoms with Gasteiger partial charge in [-0.2, -0.15) is 4.98 Å². The van der Waals surface area contributed by atoms with E-state index in [0.717, 1.165) is 10.2 Å². The van der Waals surface area contributed by atoms with E-state index in [1.165, 1.54) is 11.3 Å². The molecule has 3 N–H and O–H groups in total. The molecule has 0 saturated heterocycles. The Morgan fingerprint density at radius 3 is 2.95 bits per heavy atom. The first-order chi connectivity index (χ1) is 9.47. The number of hydrogen-bond acceptors (Lipinski definition) is 6. The van der Waals surface area contributed by atoms with Crippen molar-refractivity contribution in [2.45, 2.75) is 13.8 Å². The lowest BCUT2D eigenvalue weighted by Gasteiger charge is -2.19. The maximum Gasteiger partial charge on any atom is 0.239 e. The van der Waals surface area contributed by atoms with Crippen LogP contribution in [0.2, 0.25) is 0 Å². The first-order valence-electron chi connectivity index (χ1n) is 6.46. The van der Waals surface area contributed by atoms with Crippen LogP contribution >= 0.6 is 11.3 Å². The number of rotatable bonds is 5. The van der Waals surface area contributed by atoms with E-state index in [1.54, 1.807) is 4.90 Å². The Balaban J connectivity index is 2.13. The number of nitrogens with two attached hydrogens (primary N) is 1. The van der Waals surface area contributed by atoms with Gasteiger partial charge in [0.05, 0.1) is 11.9 Å². The van der Waals surface area contributed by atoms with Gasteiger partial charge in [0, 0.05) is 13.6 Å². The molecule has 2 heterocycles. The number of nitrogens with zero attached hydrogens (tertiary/aromatic N) is 3. The Kier molecular flexibility index (Phi) is 4.39. The summed E-state index contributed by atoms with van der Waals surface area (Å²) in [6.45, 7) is 5.04. The zero-order chi connectivity index (χ0) is 14.7. The van der Waals surface area contributed by atoms with Crippen LogP contribution in [-0.4, -0.2) is 36.0 Å². The monoisotopic (exact) mass is 293 g/mol. The Morgan fingerprint density at radius 1 is 1.50 bits per heavy atom. The molecule has 0 aliphatic heterocycles. The molecular weight excluding hydrogens is 274 g/mol. The van der Waals surface area contributed by atoms with E-state index in [1.807, 2.05) is 18.5 Å². The van der Waals surface area contributed by atoms with Gasteiger partial charge in [0.25, 0.3) is 0 Å². The minimum atomic E-state index is -0.0261. The summed E-state index contributed by atoms with van der Waals surface area (Å²) in [7, 11) is 1.83. The Bertz CT molecular complexity index is 610. The average Bonchev–Trinajstić information content (AvgIpc) is 2.83. The molecule has 2 rings (SSSR count). The lowest BCUT2D eigenvalue weighted by Crippen LogP contribution is -2.37. The van der Waals surface area contributed by atoms with Gasteiger partial charge in [-0.1, -0.05) is 13.8 Å². The molecule has 0 unspecified atom stereocenters. The lowest BCUT2D eigenvalue weighted by molar-refractivity contribution is -0.119. The third-order valence-corrected chi connectivity index (χ3v) is 3.58. The Morgan fingerprint density at radius 2 is 2.25 bits per heavy atom. The number of anilines is 2. The number of aromatic nitrogens is 2. The maximum absolute atomic E-state index is 11.9. The predicted molar refractivity (Wildman–Crippen MR) is 82.9 cm³/mol. The highest BCUT2D eigenvalue weighted by atomic mass is 32.1. The van der Waals surface area contributed by atoms with E-state index in [2.05, 4.69) is 29.1 Å². The van der Waals surface area contributed by atoms with Crippen LogP contribution in [0.15, 0.2) is 11.4 Å². The SMILES string of the molecule is CC(C)CNC(=O)CN(C)c1nc(N)nc2sccc12. The number of carbonyl (C=O) groups excluding carboxylic acids is 1. The van der Waals surface area contributed by atoms with Gasteiger partial charge in [0.1, 0.15) is 10.6 Å². The molecule has 2 aromatic heterocycles. The molecule has 0 spiro atoms. The lowest BCUT2D eigenvalue weighted by atomic mass is 10.2. The fourth-order valence-corrected chi connectivity index (χ4v) is 2.58. The summed E-state index contributed by atoms with van der Waals surface area (Å²) >= 11 is 1.51. The molecule has 0 bridgehead atoms. The summed E-state index contributed by atoms with van der Waals surface area (Å²) in [4.78, 5) is 22.9. The van der Waals surface area contributed by atoms with Gasteiger partial charge in [0.15, 0.2) is 0 Å². The summed E-state index contributed by atoms with van der Waals surface area (Å²) in [6, 6.07) is 1.94. The van der Waals surface area contributed by atoms with Crippen LogP contribution in [0.3, 0.4) is 0 Å². The zero-order valence-corrected chi connectivity index (χ0v) is 12.7. The van der Waals surface area contributed by atoms with E-state index in [0.29, 0.717) is 18.3 Å². The molecule has 2 aromatic rings. The first kappa shape index (κ1) is 14.5. The summed E-state index contributed by atoms with van der Waals surface area (Å²) in [5.74, 6) is 1.32. The number of amides is 1. The van der Waals surface area contributed by atoms with Crippen molar-refractivity contribution in [2.75, 3.05) is 30.8 Å². The van der Waals surface area contributed by atoms with Crippen molar-refractivity contribution in [3.8, 4) is 0 Å². The van der Waals surface area contributed by atoms with Gasteiger partial charge in [-0.25, -0.2) is 4.98 Å². The van der Waals surface area contributed by atoms with Crippen LogP contribution in [0, 0.1) is 5.92 Å². The molecule has 7 heteroatoms. The third kappa shape index (κ3) is 3.36. The summed E-state index contributed by atoms with van der Waals surface area (Å²) in [6.07, 6.45) is 0. The van der Waals surface area contributed by atoms with Crippen LogP contribution in [0.1, 0.15) is 13.8 Å². The van der Waals surface area contributed by atoms with Crippen LogP contribution in [0.5, 0.6) is 0 Å². The predicted octanol–water partition coefficient (Wildman–Crippen LogP) is 1.48.